The van der Waals surface area contributed by atoms with Crippen molar-refractivity contribution in [2.75, 3.05) is 66.1 Å². The molecule has 0 aliphatic rings. The van der Waals surface area contributed by atoms with Gasteiger partial charge in [-0.1, -0.05) is 447 Å². The van der Waals surface area contributed by atoms with E-state index in [1.165, 1.54) is 170 Å². The minimum Gasteiger partial charge on any atom is -0.455 e. The molecule has 0 fully saturated rings. The molecule has 0 spiro atoms. The van der Waals surface area contributed by atoms with Gasteiger partial charge < -0.3 is 35.6 Å². The average Bonchev–Trinajstić information content (AvgIpc) is 0.754. The van der Waals surface area contributed by atoms with E-state index in [0.29, 0.717) is 5.92 Å². The van der Waals surface area contributed by atoms with Crippen LogP contribution in [0, 0.1) is 55.4 Å². The summed E-state index contributed by atoms with van der Waals surface area (Å²) in [5, 5.41) is 27.0. The Morgan fingerprint density at radius 1 is 0.267 bits per heavy atom. The van der Waals surface area contributed by atoms with E-state index in [-0.39, 0.29) is 16.2 Å². The van der Waals surface area contributed by atoms with Crippen molar-refractivity contribution in [3.8, 4) is 0 Å². The summed E-state index contributed by atoms with van der Waals surface area (Å²) in [5.41, 5.74) is 34.0. The van der Waals surface area contributed by atoms with Crippen LogP contribution in [0.4, 0.5) is 11.4 Å². The van der Waals surface area contributed by atoms with Gasteiger partial charge in [0.15, 0.2) is 16.6 Å². The standard InChI is InChI=1S/C32H34.C27H24.C22H22.C19H26N2.C12H32N2OSi2.6C2H6.2CH4O/c1-23-7-13-26(14-8-23)31(4,5)27-19-21-30(22-20-27)32(6,28-15-9-24(2)10-16-28)29-17-11-25(3)12-18-29;1-3-9-22(10-4-1)17-24-13-7-15-26(19-24)21-27-16-8-14-25(20-27)18-23-11-5-2-6-12-23;1-16-4-10-19(11-5-16)22(20-12-6-17(2)7-13-20)21-14-8-18(3)9-15-21;1-13-7-9-15(11-17(13)20-5)19(3,4)16-10-8-14(2)18(12-16)21-6;1-13-9-7-11-16(3,4)15-17(5,6)12-8-10-14-2;8*1-2/h7-22H,1-6H3;1-16,19-20H,17-18,21H2;4-15,22H,1-3H3;7-12,20-21H,1-6H3;13-14H,7-12H2,1-6H3;6*1-2H3;2*2H,1H3. The van der Waals surface area contributed by atoms with E-state index >= 15 is 0 Å². The van der Waals surface area contributed by atoms with Crippen molar-refractivity contribution in [3.05, 3.63) is 449 Å². The molecule has 0 atom stereocenters. The number of rotatable bonds is 28. The Labute approximate surface area is 828 Å². The molecular weight excluding hydrogens is 1670 g/mol. The predicted octanol–water partition coefficient (Wildman–Crippen LogP) is 33.3. The van der Waals surface area contributed by atoms with Gasteiger partial charge in [0.05, 0.1) is 0 Å². The Balaban J connectivity index is 0.000000823. The predicted molar refractivity (Wildman–Crippen MR) is 607 cm³/mol. The Morgan fingerprint density at radius 2 is 0.489 bits per heavy atom. The van der Waals surface area contributed by atoms with Gasteiger partial charge in [0.2, 0.25) is 0 Å². The molecule has 0 aromatic heterocycles. The summed E-state index contributed by atoms with van der Waals surface area (Å²) in [7, 11) is 7.12. The molecule has 0 unspecified atom stereocenters. The molecule has 13 aromatic carbocycles. The number of aryl methyl sites for hydroxylation is 8. The zero-order valence-corrected chi connectivity index (χ0v) is 92.8. The van der Waals surface area contributed by atoms with Gasteiger partial charge in [0, 0.05) is 61.9 Å². The molecule has 7 nitrogen and oxygen atoms in total. The fourth-order valence-electron chi connectivity index (χ4n) is 16.0. The second-order valence-electron chi connectivity index (χ2n) is 35.5. The van der Waals surface area contributed by atoms with Crippen LogP contribution in [0.3, 0.4) is 0 Å². The van der Waals surface area contributed by atoms with Crippen LogP contribution in [0.1, 0.15) is 270 Å². The third-order valence-corrected chi connectivity index (χ3v) is 31.3. The summed E-state index contributed by atoms with van der Waals surface area (Å²) < 4.78 is 6.54. The Morgan fingerprint density at radius 3 is 0.756 bits per heavy atom. The lowest BCUT2D eigenvalue weighted by molar-refractivity contribution is 0.399. The van der Waals surface area contributed by atoms with Gasteiger partial charge >= 0.3 is 0 Å². The first-order valence-corrected chi connectivity index (χ1v) is 56.4. The highest BCUT2D eigenvalue weighted by Gasteiger charge is 2.34. The smallest absolute Gasteiger partial charge is 0.173 e. The lowest BCUT2D eigenvalue weighted by atomic mass is 9.70. The Hall–Kier alpha value is -10.3. The molecule has 0 aliphatic carbocycles. The fraction of sp³-hybridized carbons (Fsp3) is 0.381. The molecule has 6 N–H and O–H groups in total. The SMILES string of the molecule is CC.CC.CC.CC.CC.CC.CNCCC[Si](C)(C)O[Si](C)(C)CCCNC.CNc1cc(C(C)(C)c2ccc(C)c(NC)c2)ccc1C.CO.CO.Cc1ccc(C(C)(C)c2ccc(C(C)(c3ccc(C)cc3)c3ccc(C)cc3)cc2)cc1.Cc1ccc(C(c2ccc(C)cc2)c2ccc(C)cc2)cc1.c1ccc(Cc2cccc(Cc3cccc(Cc4ccccc4)c3)c2)cc1. The lowest BCUT2D eigenvalue weighted by Crippen LogP contribution is -2.44. The molecule has 0 aliphatic heterocycles. The maximum atomic E-state index is 7.00. The van der Waals surface area contributed by atoms with Gasteiger partial charge in [0.25, 0.3) is 0 Å². The van der Waals surface area contributed by atoms with E-state index in [1.807, 2.05) is 111 Å². The van der Waals surface area contributed by atoms with Crippen LogP contribution >= 0.6 is 0 Å². The van der Waals surface area contributed by atoms with Gasteiger partial charge in [-0.25, -0.2) is 0 Å². The second-order valence-corrected chi connectivity index (χ2v) is 44.3. The van der Waals surface area contributed by atoms with E-state index in [9.17, 15) is 0 Å². The first-order chi connectivity index (χ1) is 64.9. The summed E-state index contributed by atoms with van der Waals surface area (Å²) in [6.07, 6.45) is 5.45. The van der Waals surface area contributed by atoms with Gasteiger partial charge in [-0.05, 0) is 272 Å². The maximum Gasteiger partial charge on any atom is 0.173 e. The summed E-state index contributed by atoms with van der Waals surface area (Å²) in [5.74, 6) is 0.293. The topological polar surface area (TPSA) is 97.8 Å². The van der Waals surface area contributed by atoms with E-state index in [0.717, 1.165) is 46.6 Å². The molecule has 0 saturated heterocycles. The van der Waals surface area contributed by atoms with E-state index in [2.05, 4.69) is 453 Å². The number of hydrogen-bond acceptors (Lipinski definition) is 7. The largest absolute Gasteiger partial charge is 0.455 e. The summed E-state index contributed by atoms with van der Waals surface area (Å²) >= 11 is 0. The summed E-state index contributed by atoms with van der Waals surface area (Å²) in [6, 6.07) is 118. The molecule has 0 bridgehead atoms. The van der Waals surface area contributed by atoms with Gasteiger partial charge in [-0.3, -0.25) is 0 Å². The van der Waals surface area contributed by atoms with E-state index < -0.39 is 16.6 Å². The second kappa shape index (κ2) is 67.0. The van der Waals surface area contributed by atoms with Crippen LogP contribution in [0.2, 0.25) is 38.3 Å². The van der Waals surface area contributed by atoms with Crippen LogP contribution in [0.25, 0.3) is 0 Å². The third-order valence-electron chi connectivity index (χ3n) is 23.8. The van der Waals surface area contributed by atoms with Crippen molar-refractivity contribution in [1.29, 1.82) is 0 Å². The van der Waals surface area contributed by atoms with Crippen molar-refractivity contribution in [3.63, 3.8) is 0 Å². The number of anilines is 2. The Kier molecular flexibility index (Phi) is 60.9. The normalized spacial score (nSPS) is 10.5. The van der Waals surface area contributed by atoms with Crippen molar-refractivity contribution >= 4 is 28.0 Å². The lowest BCUT2D eigenvalue weighted by Gasteiger charge is -2.34. The minimum absolute atomic E-state index is 0.0292. The zero-order valence-electron chi connectivity index (χ0n) is 90.8. The highest BCUT2D eigenvalue weighted by Crippen LogP contribution is 2.42. The van der Waals surface area contributed by atoms with Gasteiger partial charge in [-0.15, -0.1) is 0 Å². The van der Waals surface area contributed by atoms with E-state index in [4.69, 9.17) is 14.3 Å². The van der Waals surface area contributed by atoms with E-state index in [1.54, 1.807) is 0 Å². The van der Waals surface area contributed by atoms with Crippen molar-refractivity contribution in [1.82, 2.24) is 10.6 Å². The van der Waals surface area contributed by atoms with Crippen LogP contribution in [0.15, 0.2) is 315 Å². The highest BCUT2D eigenvalue weighted by molar-refractivity contribution is 6.84. The molecule has 732 valence electrons. The first-order valence-electron chi connectivity index (χ1n) is 50.1. The first kappa shape index (κ1) is 123. The summed E-state index contributed by atoms with van der Waals surface area (Å²) in [6.45, 7) is 64.3. The molecule has 0 radical (unpaired) electrons. The molecule has 0 heterocycles. The zero-order chi connectivity index (χ0) is 102. The minimum atomic E-state index is -1.43. The molecule has 9 heteroatoms. The maximum absolute atomic E-state index is 7.00. The van der Waals surface area contributed by atoms with Crippen LogP contribution in [0.5, 0.6) is 0 Å². The number of hydrogen-bond donors (Lipinski definition) is 6. The monoisotopic (exact) mass is 1860 g/mol. The number of benzene rings is 13. The number of nitrogens with one attached hydrogen (secondary N) is 4. The molecule has 13 aromatic rings. The number of aliphatic hydroxyl groups excluding tert-OH is 2. The Bertz CT molecular complexity index is 4890. The van der Waals surface area contributed by atoms with Crippen LogP contribution in [-0.4, -0.2) is 82.3 Å². The van der Waals surface area contributed by atoms with Gasteiger partial charge in [-0.2, -0.15) is 0 Å². The highest BCUT2D eigenvalue weighted by atomic mass is 28.4. The van der Waals surface area contributed by atoms with Crippen molar-refractivity contribution in [2.45, 2.75) is 266 Å². The average molecular weight is 1860 g/mol. The quantitative estimate of drug-likeness (QED) is 0.0165. The molecule has 13 rings (SSSR count). The molecule has 0 amide bonds. The molecular formula is C126H182N4O3Si2. The van der Waals surface area contributed by atoms with Gasteiger partial charge in [0.1, 0.15) is 0 Å². The fourth-order valence-corrected chi connectivity index (χ4v) is 24.9. The van der Waals surface area contributed by atoms with Crippen LogP contribution < -0.4 is 21.3 Å². The molecule has 0 saturated carbocycles. The molecule has 135 heavy (non-hydrogen) atoms. The van der Waals surface area contributed by atoms with Crippen molar-refractivity contribution < 1.29 is 14.3 Å². The van der Waals surface area contributed by atoms with Crippen molar-refractivity contribution in [2.24, 2.45) is 0 Å². The third kappa shape index (κ3) is 41.7. The summed E-state index contributed by atoms with van der Waals surface area (Å²) in [4.78, 5) is 0. The number of aliphatic hydroxyl groups is 2. The van der Waals surface area contributed by atoms with Crippen LogP contribution in [-0.2, 0) is 39.6 Å².